The largest absolute Gasteiger partial charge is 0.504 e. The van der Waals surface area contributed by atoms with Crippen molar-refractivity contribution in [3.05, 3.63) is 59.2 Å². The average molecular weight is 354 g/mol. The van der Waals surface area contributed by atoms with E-state index in [2.05, 4.69) is 5.32 Å². The molecule has 1 fully saturated rings. The smallest absolute Gasteiger partial charge is 0.270 e. The van der Waals surface area contributed by atoms with Crippen molar-refractivity contribution in [3.63, 3.8) is 0 Å². The number of carbonyl (C=O) groups is 2. The van der Waals surface area contributed by atoms with Crippen molar-refractivity contribution in [2.24, 2.45) is 0 Å². The number of hydrogen-bond acceptors (Lipinski definition) is 5. The molecule has 0 aromatic heterocycles. The summed E-state index contributed by atoms with van der Waals surface area (Å²) in [6.45, 7) is 1.84. The van der Waals surface area contributed by atoms with E-state index in [9.17, 15) is 19.8 Å². The van der Waals surface area contributed by atoms with Gasteiger partial charge in [0.15, 0.2) is 16.6 Å². The standard InChI is InChI=1S/C18H14N2O4S/c1-10-4-2-3-5-13(10)20-17(24)12(16(23)19-18(20)25)8-11-6-7-14(21)15(22)9-11/h2-9,21-22H,1H3,(H,19,23,25)/b12-8+. The van der Waals surface area contributed by atoms with E-state index in [1.165, 1.54) is 29.2 Å². The summed E-state index contributed by atoms with van der Waals surface area (Å²) < 4.78 is 0. The summed E-state index contributed by atoms with van der Waals surface area (Å²) in [4.78, 5) is 26.3. The Morgan fingerprint density at radius 3 is 2.48 bits per heavy atom. The van der Waals surface area contributed by atoms with Crippen molar-refractivity contribution in [2.75, 3.05) is 4.90 Å². The summed E-state index contributed by atoms with van der Waals surface area (Å²) in [7, 11) is 0. The Balaban J connectivity index is 2.05. The average Bonchev–Trinajstić information content (AvgIpc) is 2.56. The third-order valence-electron chi connectivity index (χ3n) is 3.77. The first kappa shape index (κ1) is 16.7. The zero-order valence-corrected chi connectivity index (χ0v) is 14.0. The molecule has 1 aliphatic rings. The number of phenols is 2. The lowest BCUT2D eigenvalue weighted by atomic mass is 10.1. The minimum Gasteiger partial charge on any atom is -0.504 e. The maximum absolute atomic E-state index is 12.9. The van der Waals surface area contributed by atoms with Crippen LogP contribution in [0.3, 0.4) is 0 Å². The number of rotatable bonds is 2. The molecule has 3 N–H and O–H groups in total. The van der Waals surface area contributed by atoms with Crippen LogP contribution in [-0.2, 0) is 9.59 Å². The topological polar surface area (TPSA) is 89.9 Å². The van der Waals surface area contributed by atoms with E-state index in [0.29, 0.717) is 11.3 Å². The van der Waals surface area contributed by atoms with Crippen LogP contribution in [0.15, 0.2) is 48.0 Å². The summed E-state index contributed by atoms with van der Waals surface area (Å²) in [6.07, 6.45) is 1.34. The zero-order chi connectivity index (χ0) is 18.1. The Morgan fingerprint density at radius 2 is 1.80 bits per heavy atom. The van der Waals surface area contributed by atoms with E-state index in [0.717, 1.165) is 5.56 Å². The number of nitrogens with zero attached hydrogens (tertiary/aromatic N) is 1. The number of nitrogens with one attached hydrogen (secondary N) is 1. The van der Waals surface area contributed by atoms with E-state index in [1.54, 1.807) is 12.1 Å². The summed E-state index contributed by atoms with van der Waals surface area (Å²) in [5, 5.41) is 21.4. The number of amides is 2. The Kier molecular flexibility index (Phi) is 4.24. The highest BCUT2D eigenvalue weighted by Crippen LogP contribution is 2.28. The van der Waals surface area contributed by atoms with Crippen molar-refractivity contribution in [1.29, 1.82) is 0 Å². The molecular formula is C18H14N2O4S. The van der Waals surface area contributed by atoms with Gasteiger partial charge in [-0.15, -0.1) is 0 Å². The molecule has 0 aliphatic carbocycles. The zero-order valence-electron chi connectivity index (χ0n) is 13.2. The molecule has 0 spiro atoms. The van der Waals surface area contributed by atoms with Crippen LogP contribution >= 0.6 is 12.2 Å². The predicted molar refractivity (Wildman–Crippen MR) is 97.2 cm³/mol. The van der Waals surface area contributed by atoms with Gasteiger partial charge in [-0.3, -0.25) is 19.8 Å². The first-order chi connectivity index (χ1) is 11.9. The highest BCUT2D eigenvalue weighted by Gasteiger charge is 2.35. The summed E-state index contributed by atoms with van der Waals surface area (Å²) in [5.41, 5.74) is 1.68. The number of carbonyl (C=O) groups excluding carboxylic acids is 2. The number of anilines is 1. The van der Waals surface area contributed by atoms with Gasteiger partial charge in [0.25, 0.3) is 11.8 Å². The Hall–Kier alpha value is -3.19. The van der Waals surface area contributed by atoms with Gasteiger partial charge in [0, 0.05) is 0 Å². The molecule has 2 aromatic rings. The number of aromatic hydroxyl groups is 2. The second kappa shape index (κ2) is 6.37. The van der Waals surface area contributed by atoms with Gasteiger partial charge in [-0.2, -0.15) is 0 Å². The number of phenolic OH excluding ortho intramolecular Hbond substituents is 2. The molecule has 2 aromatic carbocycles. The number of thiocarbonyl (C=S) groups is 1. The van der Waals surface area contributed by atoms with Crippen molar-refractivity contribution >= 4 is 40.9 Å². The van der Waals surface area contributed by atoms with Gasteiger partial charge in [-0.1, -0.05) is 24.3 Å². The molecule has 126 valence electrons. The van der Waals surface area contributed by atoms with Crippen LogP contribution in [0, 0.1) is 6.92 Å². The van der Waals surface area contributed by atoms with E-state index >= 15 is 0 Å². The molecule has 25 heavy (non-hydrogen) atoms. The van der Waals surface area contributed by atoms with Crippen LogP contribution in [0.2, 0.25) is 0 Å². The molecule has 1 heterocycles. The van der Waals surface area contributed by atoms with Crippen molar-refractivity contribution in [2.45, 2.75) is 6.92 Å². The lowest BCUT2D eigenvalue weighted by Gasteiger charge is -2.30. The Morgan fingerprint density at radius 1 is 1.08 bits per heavy atom. The van der Waals surface area contributed by atoms with Crippen LogP contribution in [0.25, 0.3) is 6.08 Å². The lowest BCUT2D eigenvalue weighted by Crippen LogP contribution is -2.54. The maximum Gasteiger partial charge on any atom is 0.270 e. The van der Waals surface area contributed by atoms with Crippen molar-refractivity contribution < 1.29 is 19.8 Å². The van der Waals surface area contributed by atoms with Gasteiger partial charge in [0.1, 0.15) is 5.57 Å². The fraction of sp³-hybridized carbons (Fsp3) is 0.0556. The third-order valence-corrected chi connectivity index (χ3v) is 4.05. The Bertz CT molecular complexity index is 936. The van der Waals surface area contributed by atoms with Gasteiger partial charge >= 0.3 is 0 Å². The van der Waals surface area contributed by atoms with Crippen LogP contribution in [0.5, 0.6) is 11.5 Å². The first-order valence-electron chi connectivity index (χ1n) is 7.37. The molecule has 3 rings (SSSR count). The molecule has 1 saturated heterocycles. The van der Waals surface area contributed by atoms with Crippen LogP contribution in [0.1, 0.15) is 11.1 Å². The molecule has 0 bridgehead atoms. The quantitative estimate of drug-likeness (QED) is 0.333. The molecule has 0 saturated carbocycles. The van der Waals surface area contributed by atoms with Crippen molar-refractivity contribution in [3.8, 4) is 11.5 Å². The second-order valence-corrected chi connectivity index (χ2v) is 5.88. The lowest BCUT2D eigenvalue weighted by molar-refractivity contribution is -0.122. The molecule has 1 aliphatic heterocycles. The number of hydrogen-bond donors (Lipinski definition) is 3. The fourth-order valence-corrected chi connectivity index (χ4v) is 2.76. The first-order valence-corrected chi connectivity index (χ1v) is 7.78. The molecular weight excluding hydrogens is 340 g/mol. The molecule has 7 heteroatoms. The van der Waals surface area contributed by atoms with Gasteiger partial charge in [0.05, 0.1) is 5.69 Å². The predicted octanol–water partition coefficient (Wildman–Crippen LogP) is 2.24. The van der Waals surface area contributed by atoms with Gasteiger partial charge in [-0.05, 0) is 54.5 Å². The monoisotopic (exact) mass is 354 g/mol. The van der Waals surface area contributed by atoms with Gasteiger partial charge < -0.3 is 10.2 Å². The van der Waals surface area contributed by atoms with Gasteiger partial charge in [0.2, 0.25) is 0 Å². The minimum atomic E-state index is -0.618. The second-order valence-electron chi connectivity index (χ2n) is 5.49. The van der Waals surface area contributed by atoms with Gasteiger partial charge in [-0.25, -0.2) is 0 Å². The van der Waals surface area contributed by atoms with E-state index in [1.807, 2.05) is 19.1 Å². The summed E-state index contributed by atoms with van der Waals surface area (Å²) in [6, 6.07) is 11.2. The molecule has 0 unspecified atom stereocenters. The minimum absolute atomic E-state index is 0.00926. The maximum atomic E-state index is 12.9. The van der Waals surface area contributed by atoms with Crippen LogP contribution in [0.4, 0.5) is 5.69 Å². The van der Waals surface area contributed by atoms with Crippen molar-refractivity contribution in [1.82, 2.24) is 5.32 Å². The highest BCUT2D eigenvalue weighted by atomic mass is 32.1. The molecule has 0 atom stereocenters. The number of benzene rings is 2. The fourth-order valence-electron chi connectivity index (χ4n) is 2.49. The normalized spacial score (nSPS) is 16.3. The summed E-state index contributed by atoms with van der Waals surface area (Å²) >= 11 is 5.15. The highest BCUT2D eigenvalue weighted by molar-refractivity contribution is 7.80. The Labute approximate surface area is 149 Å². The summed E-state index contributed by atoms with van der Waals surface area (Å²) in [5.74, 6) is -1.81. The molecule has 0 radical (unpaired) electrons. The van der Waals surface area contributed by atoms with E-state index < -0.39 is 11.8 Å². The van der Waals surface area contributed by atoms with E-state index in [-0.39, 0.29) is 22.2 Å². The van der Waals surface area contributed by atoms with E-state index in [4.69, 9.17) is 12.2 Å². The molecule has 2 amide bonds. The van der Waals surface area contributed by atoms with Crippen LogP contribution < -0.4 is 10.2 Å². The molecule has 6 nitrogen and oxygen atoms in total. The SMILES string of the molecule is Cc1ccccc1N1C(=O)/C(=C/c2ccc(O)c(O)c2)C(=O)NC1=S. The van der Waals surface area contributed by atoms with Crippen LogP contribution in [-0.4, -0.2) is 27.1 Å². The number of para-hydroxylation sites is 1. The third kappa shape index (κ3) is 3.09. The number of aryl methyl sites for hydroxylation is 1.